The van der Waals surface area contributed by atoms with Crippen LogP contribution in [0.15, 0.2) is 270 Å². The summed E-state index contributed by atoms with van der Waals surface area (Å²) in [4.78, 5) is 2.40. The summed E-state index contributed by atoms with van der Waals surface area (Å²) in [7, 11) is 0. The first-order valence-corrected chi connectivity index (χ1v) is 24.0. The van der Waals surface area contributed by atoms with Crippen LogP contribution in [0.4, 0.5) is 17.1 Å². The van der Waals surface area contributed by atoms with E-state index in [0.717, 1.165) is 83.2 Å². The molecule has 1 unspecified atom stereocenters. The van der Waals surface area contributed by atoms with Crippen molar-refractivity contribution in [1.82, 2.24) is 0 Å². The Bertz CT molecular complexity index is 4090. The Labute approximate surface area is 405 Å². The highest BCUT2D eigenvalue weighted by Gasteiger charge is 2.46. The van der Waals surface area contributed by atoms with Crippen LogP contribution in [0.3, 0.4) is 0 Å². The Balaban J connectivity index is 0.940. The minimum Gasteiger partial charge on any atom is -0.455 e. The third-order valence-corrected chi connectivity index (χ3v) is 14.6. The lowest BCUT2D eigenvalue weighted by atomic mass is 9.67. The molecule has 0 amide bonds. The van der Waals surface area contributed by atoms with Gasteiger partial charge in [-0.15, -0.1) is 0 Å². The summed E-state index contributed by atoms with van der Waals surface area (Å²) < 4.78 is 13.0. The zero-order chi connectivity index (χ0) is 46.2. The van der Waals surface area contributed by atoms with Crippen LogP contribution in [0, 0.1) is 0 Å². The van der Waals surface area contributed by atoms with Crippen LogP contribution in [0.5, 0.6) is 0 Å². The number of hydrogen-bond donors (Lipinski definition) is 0. The van der Waals surface area contributed by atoms with Gasteiger partial charge in [0.1, 0.15) is 22.3 Å². The highest BCUT2D eigenvalue weighted by Crippen LogP contribution is 2.57. The second kappa shape index (κ2) is 16.0. The lowest BCUT2D eigenvalue weighted by Crippen LogP contribution is -2.28. The first-order chi connectivity index (χ1) is 34.7. The first kappa shape index (κ1) is 39.9. The van der Waals surface area contributed by atoms with Crippen LogP contribution in [-0.2, 0) is 5.41 Å². The molecule has 3 heteroatoms. The Hall–Kier alpha value is -9.18. The number of para-hydroxylation sites is 4. The van der Waals surface area contributed by atoms with Gasteiger partial charge >= 0.3 is 0 Å². The van der Waals surface area contributed by atoms with Crippen molar-refractivity contribution in [2.75, 3.05) is 4.90 Å². The number of benzene rings is 11. The van der Waals surface area contributed by atoms with Crippen molar-refractivity contribution in [3.8, 4) is 44.5 Å². The molecule has 1 aliphatic carbocycles. The van der Waals surface area contributed by atoms with E-state index in [1.54, 1.807) is 0 Å². The van der Waals surface area contributed by atoms with E-state index in [9.17, 15) is 0 Å². The molecule has 0 bridgehead atoms. The molecule has 1 aliphatic rings. The maximum absolute atomic E-state index is 6.54. The molecule has 13 aromatic rings. The van der Waals surface area contributed by atoms with Crippen LogP contribution in [0.1, 0.15) is 22.3 Å². The number of furan rings is 2. The van der Waals surface area contributed by atoms with Gasteiger partial charge in [0.2, 0.25) is 0 Å². The molecule has 2 aromatic heterocycles. The minimum atomic E-state index is -0.620. The van der Waals surface area contributed by atoms with E-state index >= 15 is 0 Å². The van der Waals surface area contributed by atoms with E-state index in [-0.39, 0.29) is 0 Å². The zero-order valence-corrected chi connectivity index (χ0v) is 38.1. The van der Waals surface area contributed by atoms with Crippen LogP contribution < -0.4 is 4.90 Å². The predicted molar refractivity (Wildman–Crippen MR) is 289 cm³/mol. The van der Waals surface area contributed by atoms with Crippen LogP contribution in [0.25, 0.3) is 88.4 Å². The van der Waals surface area contributed by atoms with E-state index in [2.05, 4.69) is 248 Å². The summed E-state index contributed by atoms with van der Waals surface area (Å²) in [5, 5.41) is 4.51. The van der Waals surface area contributed by atoms with Crippen molar-refractivity contribution < 1.29 is 8.83 Å². The molecular formula is C67H43NO2. The number of hydrogen-bond acceptors (Lipinski definition) is 3. The highest BCUT2D eigenvalue weighted by atomic mass is 16.3. The van der Waals surface area contributed by atoms with E-state index in [4.69, 9.17) is 8.83 Å². The second-order valence-corrected chi connectivity index (χ2v) is 18.3. The van der Waals surface area contributed by atoms with Crippen LogP contribution >= 0.6 is 0 Å². The Morgan fingerprint density at radius 3 is 1.31 bits per heavy atom. The molecule has 1 atom stereocenters. The lowest BCUT2D eigenvalue weighted by molar-refractivity contribution is 0.669. The molecule has 0 aliphatic heterocycles. The van der Waals surface area contributed by atoms with Gasteiger partial charge < -0.3 is 13.7 Å². The molecule has 0 saturated carbocycles. The highest BCUT2D eigenvalue weighted by molar-refractivity contribution is 6.10. The summed E-state index contributed by atoms with van der Waals surface area (Å²) in [6.45, 7) is 0. The van der Waals surface area contributed by atoms with Gasteiger partial charge in [-0.05, 0) is 104 Å². The molecule has 3 nitrogen and oxygen atoms in total. The van der Waals surface area contributed by atoms with Crippen molar-refractivity contribution in [2.24, 2.45) is 0 Å². The number of nitrogens with zero attached hydrogens (tertiary/aromatic N) is 1. The number of rotatable bonds is 8. The third kappa shape index (κ3) is 6.15. The lowest BCUT2D eigenvalue weighted by Gasteiger charge is -2.35. The Kier molecular flexibility index (Phi) is 9.11. The average molecular weight is 894 g/mol. The molecule has 14 rings (SSSR count). The molecule has 0 saturated heterocycles. The van der Waals surface area contributed by atoms with Gasteiger partial charge in [0.15, 0.2) is 0 Å². The van der Waals surface area contributed by atoms with Crippen molar-refractivity contribution >= 4 is 60.9 Å². The molecular weight excluding hydrogens is 851 g/mol. The first-order valence-electron chi connectivity index (χ1n) is 24.0. The van der Waals surface area contributed by atoms with E-state index in [1.807, 2.05) is 18.2 Å². The molecule has 70 heavy (non-hydrogen) atoms. The molecule has 0 N–H and O–H groups in total. The molecule has 0 spiro atoms. The summed E-state index contributed by atoms with van der Waals surface area (Å²) in [6, 6.07) is 94.3. The van der Waals surface area contributed by atoms with Crippen LogP contribution in [0.2, 0.25) is 0 Å². The maximum atomic E-state index is 6.54. The average Bonchev–Trinajstić information content (AvgIpc) is 4.11. The SMILES string of the molecule is c1ccc(-c2ccc(N(c3ccc(-c4cccc5c4oc4ccccc45)cc3)c3ccc4c(c3)C(c3ccccc3)(c3ccc(-c5cccc6c5oc5ccccc56)cc3)c3ccccc3-4)cc2)cc1. The second-order valence-electron chi connectivity index (χ2n) is 18.3. The van der Waals surface area contributed by atoms with Crippen molar-refractivity contribution in [3.63, 3.8) is 0 Å². The monoisotopic (exact) mass is 893 g/mol. The maximum Gasteiger partial charge on any atom is 0.143 e. The number of anilines is 3. The summed E-state index contributed by atoms with van der Waals surface area (Å²) in [6.07, 6.45) is 0. The van der Waals surface area contributed by atoms with Gasteiger partial charge in [-0.25, -0.2) is 0 Å². The van der Waals surface area contributed by atoms with Crippen molar-refractivity contribution in [2.45, 2.75) is 5.41 Å². The fourth-order valence-electron chi connectivity index (χ4n) is 11.4. The van der Waals surface area contributed by atoms with E-state index in [0.29, 0.717) is 0 Å². The summed E-state index contributed by atoms with van der Waals surface area (Å²) in [5.74, 6) is 0. The van der Waals surface area contributed by atoms with Gasteiger partial charge in [0.25, 0.3) is 0 Å². The normalized spacial score (nSPS) is 14.1. The van der Waals surface area contributed by atoms with Gasteiger partial charge in [0, 0.05) is 49.7 Å². The van der Waals surface area contributed by atoms with Gasteiger partial charge in [-0.3, -0.25) is 0 Å². The number of fused-ring (bicyclic) bond motifs is 9. The van der Waals surface area contributed by atoms with Gasteiger partial charge in [-0.1, -0.05) is 212 Å². The topological polar surface area (TPSA) is 29.5 Å². The zero-order valence-electron chi connectivity index (χ0n) is 38.1. The van der Waals surface area contributed by atoms with Gasteiger partial charge in [0.05, 0.1) is 5.41 Å². The Morgan fingerprint density at radius 2 is 0.700 bits per heavy atom. The standard InChI is InChI=1S/C67H43NO2/c1-3-15-44(16-4-1)45-31-37-50(38-32-45)68(51-39-33-47(34-40-51)54-23-14-25-60-58-21-9-12-28-64(58)70-66(54)60)52-41-42-56-55-19-7-10-26-61(55)67(62(56)43-52,48-17-5-2-6-18-48)49-35-29-46(30-36-49)53-22-13-24-59-57-20-8-11-27-63(57)69-65(53)59/h1-43H. The van der Waals surface area contributed by atoms with Crippen molar-refractivity contribution in [3.05, 3.63) is 283 Å². The fraction of sp³-hybridized carbons (Fsp3) is 0.0149. The molecule has 0 radical (unpaired) electrons. The Morgan fingerprint density at radius 1 is 0.271 bits per heavy atom. The smallest absolute Gasteiger partial charge is 0.143 e. The molecule has 11 aromatic carbocycles. The quantitative estimate of drug-likeness (QED) is 0.152. The summed E-state index contributed by atoms with van der Waals surface area (Å²) >= 11 is 0. The molecule has 328 valence electrons. The van der Waals surface area contributed by atoms with Crippen molar-refractivity contribution in [1.29, 1.82) is 0 Å². The fourth-order valence-corrected chi connectivity index (χ4v) is 11.4. The molecule has 0 fully saturated rings. The minimum absolute atomic E-state index is 0.620. The molecule has 2 heterocycles. The largest absolute Gasteiger partial charge is 0.455 e. The van der Waals surface area contributed by atoms with E-state index in [1.165, 1.54) is 44.5 Å². The van der Waals surface area contributed by atoms with E-state index < -0.39 is 5.41 Å². The third-order valence-electron chi connectivity index (χ3n) is 14.6. The predicted octanol–water partition coefficient (Wildman–Crippen LogP) is 18.3. The summed E-state index contributed by atoms with van der Waals surface area (Å²) in [5.41, 5.74) is 20.3. The van der Waals surface area contributed by atoms with Crippen LogP contribution in [-0.4, -0.2) is 0 Å². The van der Waals surface area contributed by atoms with Gasteiger partial charge in [-0.2, -0.15) is 0 Å².